The van der Waals surface area contributed by atoms with Gasteiger partial charge >= 0.3 is 0 Å². The van der Waals surface area contributed by atoms with Crippen molar-refractivity contribution in [3.8, 4) is 0 Å². The van der Waals surface area contributed by atoms with Gasteiger partial charge in [0, 0.05) is 10.6 Å². The fourth-order valence-electron chi connectivity index (χ4n) is 1.54. The van der Waals surface area contributed by atoms with E-state index in [0.717, 1.165) is 15.9 Å². The summed E-state index contributed by atoms with van der Waals surface area (Å²) in [5, 5.41) is 4.80. The van der Waals surface area contributed by atoms with Crippen LogP contribution in [-0.4, -0.2) is 15.7 Å². The second-order valence-electron chi connectivity index (χ2n) is 3.71. The van der Waals surface area contributed by atoms with Crippen LogP contribution < -0.4 is 0 Å². The Morgan fingerprint density at radius 2 is 1.88 bits per heavy atom. The van der Waals surface area contributed by atoms with Gasteiger partial charge in [-0.1, -0.05) is 11.6 Å². The second-order valence-corrected chi connectivity index (χ2v) is 4.94. The highest BCUT2D eigenvalue weighted by atomic mass is 79.9. The lowest BCUT2D eigenvalue weighted by Crippen LogP contribution is -2.15. The lowest BCUT2D eigenvalue weighted by molar-refractivity contribution is 0.0942. The monoisotopic (exact) mass is 312 g/mol. The van der Waals surface area contributed by atoms with Crippen LogP contribution in [0.1, 0.15) is 21.7 Å². The first-order valence-corrected chi connectivity index (χ1v) is 6.20. The number of benzene rings is 1. The van der Waals surface area contributed by atoms with Crippen molar-refractivity contribution in [2.24, 2.45) is 0 Å². The van der Waals surface area contributed by atoms with E-state index < -0.39 is 0 Å². The third-order valence-electron chi connectivity index (χ3n) is 2.49. The van der Waals surface area contributed by atoms with E-state index in [1.54, 1.807) is 24.3 Å². The van der Waals surface area contributed by atoms with E-state index in [1.165, 1.54) is 4.68 Å². The number of rotatable bonds is 1. The fourth-order valence-corrected chi connectivity index (χ4v) is 1.91. The van der Waals surface area contributed by atoms with Crippen LogP contribution >= 0.6 is 27.5 Å². The van der Waals surface area contributed by atoms with Gasteiger partial charge in [0.25, 0.3) is 5.91 Å². The quantitative estimate of drug-likeness (QED) is 0.806. The summed E-state index contributed by atoms with van der Waals surface area (Å²) in [5.74, 6) is -0.159. The largest absolute Gasteiger partial charge is 0.278 e. The molecule has 1 aromatic heterocycles. The number of hydrogen-bond acceptors (Lipinski definition) is 2. The molecule has 0 fully saturated rings. The van der Waals surface area contributed by atoms with Gasteiger partial charge in [0.15, 0.2) is 0 Å². The third kappa shape index (κ3) is 2.28. The second kappa shape index (κ2) is 4.63. The van der Waals surface area contributed by atoms with Crippen LogP contribution in [0.25, 0.3) is 0 Å². The Hall–Kier alpha value is -1.13. The maximum Gasteiger partial charge on any atom is 0.278 e. The minimum absolute atomic E-state index is 0.159. The maximum atomic E-state index is 12.2. The third-order valence-corrected chi connectivity index (χ3v) is 3.89. The van der Waals surface area contributed by atoms with Crippen LogP contribution in [0.3, 0.4) is 0 Å². The standard InChI is InChI=1S/C12H10BrClN2O/c1-7-11(13)8(2)16(15-7)12(17)9-3-5-10(14)6-4-9/h3-6H,1-2H3. The molecule has 17 heavy (non-hydrogen) atoms. The van der Waals surface area contributed by atoms with E-state index >= 15 is 0 Å². The van der Waals surface area contributed by atoms with Crippen LogP contribution in [0.2, 0.25) is 5.02 Å². The zero-order valence-electron chi connectivity index (χ0n) is 9.37. The fraction of sp³-hybridized carbons (Fsp3) is 0.167. The number of aromatic nitrogens is 2. The summed E-state index contributed by atoms with van der Waals surface area (Å²) in [5.41, 5.74) is 2.15. The number of nitrogens with zero attached hydrogens (tertiary/aromatic N) is 2. The van der Waals surface area contributed by atoms with E-state index in [9.17, 15) is 4.79 Å². The molecule has 5 heteroatoms. The predicted octanol–water partition coefficient (Wildman–Crippen LogP) is 3.60. The van der Waals surface area contributed by atoms with Crippen molar-refractivity contribution >= 4 is 33.4 Å². The summed E-state index contributed by atoms with van der Waals surface area (Å²) in [6, 6.07) is 6.76. The molecule has 0 radical (unpaired) electrons. The molecule has 2 rings (SSSR count). The molecule has 3 nitrogen and oxygen atoms in total. The van der Waals surface area contributed by atoms with E-state index in [0.29, 0.717) is 10.6 Å². The summed E-state index contributed by atoms with van der Waals surface area (Å²) >= 11 is 9.18. The van der Waals surface area contributed by atoms with Gasteiger partial charge < -0.3 is 0 Å². The molecule has 0 saturated carbocycles. The van der Waals surface area contributed by atoms with E-state index in [4.69, 9.17) is 11.6 Å². The smallest absolute Gasteiger partial charge is 0.267 e. The van der Waals surface area contributed by atoms with Crippen LogP contribution in [0, 0.1) is 13.8 Å². The minimum atomic E-state index is -0.159. The molecule has 2 aromatic rings. The average Bonchev–Trinajstić information content (AvgIpc) is 2.57. The van der Waals surface area contributed by atoms with E-state index in [-0.39, 0.29) is 5.91 Å². The molecule has 0 saturated heterocycles. The Morgan fingerprint density at radius 3 is 2.35 bits per heavy atom. The van der Waals surface area contributed by atoms with Crippen molar-refractivity contribution in [3.63, 3.8) is 0 Å². The Morgan fingerprint density at radius 1 is 1.29 bits per heavy atom. The van der Waals surface area contributed by atoms with Crippen LogP contribution in [0.4, 0.5) is 0 Å². The van der Waals surface area contributed by atoms with Crippen molar-refractivity contribution in [2.75, 3.05) is 0 Å². The topological polar surface area (TPSA) is 34.9 Å². The predicted molar refractivity (Wildman–Crippen MR) is 70.6 cm³/mol. The first kappa shape index (κ1) is 12.3. The number of aryl methyl sites for hydroxylation is 1. The van der Waals surface area contributed by atoms with Crippen molar-refractivity contribution < 1.29 is 4.79 Å². The molecule has 0 N–H and O–H groups in total. The normalized spacial score (nSPS) is 10.6. The van der Waals surface area contributed by atoms with E-state index in [1.807, 2.05) is 13.8 Å². The number of carbonyl (C=O) groups is 1. The Bertz CT molecular complexity index is 575. The van der Waals surface area contributed by atoms with Gasteiger partial charge in [-0.2, -0.15) is 9.78 Å². The molecule has 88 valence electrons. The summed E-state index contributed by atoms with van der Waals surface area (Å²) in [7, 11) is 0. The van der Waals surface area contributed by atoms with Crippen molar-refractivity contribution in [1.29, 1.82) is 0 Å². The highest BCUT2D eigenvalue weighted by molar-refractivity contribution is 9.10. The Labute approximate surface area is 113 Å². The summed E-state index contributed by atoms with van der Waals surface area (Å²) in [6.45, 7) is 3.70. The summed E-state index contributed by atoms with van der Waals surface area (Å²) < 4.78 is 2.25. The minimum Gasteiger partial charge on any atom is -0.267 e. The van der Waals surface area contributed by atoms with Gasteiger partial charge in [-0.3, -0.25) is 4.79 Å². The maximum absolute atomic E-state index is 12.2. The highest BCUT2D eigenvalue weighted by Gasteiger charge is 2.16. The van der Waals surface area contributed by atoms with E-state index in [2.05, 4.69) is 21.0 Å². The molecule has 0 aliphatic carbocycles. The first-order chi connectivity index (χ1) is 8.00. The molecule has 1 heterocycles. The van der Waals surface area contributed by atoms with Crippen molar-refractivity contribution in [3.05, 3.63) is 50.7 Å². The summed E-state index contributed by atoms with van der Waals surface area (Å²) in [6.07, 6.45) is 0. The lowest BCUT2D eigenvalue weighted by Gasteiger charge is -2.03. The average molecular weight is 314 g/mol. The molecular weight excluding hydrogens is 304 g/mol. The highest BCUT2D eigenvalue weighted by Crippen LogP contribution is 2.21. The van der Waals surface area contributed by atoms with Crippen molar-refractivity contribution in [1.82, 2.24) is 9.78 Å². The van der Waals surface area contributed by atoms with Crippen molar-refractivity contribution in [2.45, 2.75) is 13.8 Å². The molecule has 0 spiro atoms. The Balaban J connectivity index is 2.44. The van der Waals surface area contributed by atoms with Gasteiger partial charge in [-0.15, -0.1) is 0 Å². The Kier molecular flexibility index (Phi) is 3.35. The zero-order valence-corrected chi connectivity index (χ0v) is 11.7. The lowest BCUT2D eigenvalue weighted by atomic mass is 10.2. The number of halogens is 2. The molecule has 0 aliphatic rings. The van der Waals surface area contributed by atoms with Crippen LogP contribution in [0.5, 0.6) is 0 Å². The molecule has 0 unspecified atom stereocenters. The molecular formula is C12H10BrClN2O. The van der Waals surface area contributed by atoms with Gasteiger partial charge in [0.05, 0.1) is 15.9 Å². The first-order valence-electron chi connectivity index (χ1n) is 5.02. The SMILES string of the molecule is Cc1nn(C(=O)c2ccc(Cl)cc2)c(C)c1Br. The molecule has 0 bridgehead atoms. The van der Waals surface area contributed by atoms with Crippen LogP contribution in [-0.2, 0) is 0 Å². The number of hydrogen-bond donors (Lipinski definition) is 0. The number of carbonyl (C=O) groups excluding carboxylic acids is 1. The van der Waals surface area contributed by atoms with Gasteiger partial charge in [0.1, 0.15) is 0 Å². The van der Waals surface area contributed by atoms with Crippen LogP contribution in [0.15, 0.2) is 28.7 Å². The van der Waals surface area contributed by atoms with Gasteiger partial charge in [-0.05, 0) is 54.0 Å². The molecule has 0 atom stereocenters. The molecule has 0 amide bonds. The van der Waals surface area contributed by atoms with Gasteiger partial charge in [0.2, 0.25) is 0 Å². The zero-order chi connectivity index (χ0) is 12.6. The summed E-state index contributed by atoms with van der Waals surface area (Å²) in [4.78, 5) is 12.2. The van der Waals surface area contributed by atoms with Gasteiger partial charge in [-0.25, -0.2) is 0 Å². The molecule has 0 aliphatic heterocycles. The molecule has 1 aromatic carbocycles.